The molecule has 0 amide bonds. The van der Waals surface area contributed by atoms with E-state index in [0.29, 0.717) is 13.1 Å². The van der Waals surface area contributed by atoms with E-state index in [0.717, 1.165) is 29.1 Å². The highest BCUT2D eigenvalue weighted by Gasteiger charge is 2.16. The minimum atomic E-state index is -0.00669. The molecule has 2 N–H and O–H groups in total. The molecule has 5 heteroatoms. The van der Waals surface area contributed by atoms with Crippen LogP contribution in [-0.2, 0) is 19.4 Å². The number of hydrogen-bond donors (Lipinski definition) is 2. The van der Waals surface area contributed by atoms with E-state index in [-0.39, 0.29) is 11.5 Å². The van der Waals surface area contributed by atoms with Crippen molar-refractivity contribution < 1.29 is 5.11 Å². The van der Waals surface area contributed by atoms with E-state index in [4.69, 9.17) is 5.11 Å². The predicted octanol–water partition coefficient (Wildman–Crippen LogP) is 2.80. The Labute approximate surface area is 140 Å². The van der Waals surface area contributed by atoms with Gasteiger partial charge in [-0.2, -0.15) is 0 Å². The van der Waals surface area contributed by atoms with E-state index < -0.39 is 0 Å². The van der Waals surface area contributed by atoms with Crippen molar-refractivity contribution in [3.63, 3.8) is 0 Å². The summed E-state index contributed by atoms with van der Waals surface area (Å²) >= 11 is 1.28. The molecule has 0 spiro atoms. The molecule has 0 bridgehead atoms. The summed E-state index contributed by atoms with van der Waals surface area (Å²) in [6, 6.07) is 6.60. The van der Waals surface area contributed by atoms with Gasteiger partial charge in [0.1, 0.15) is 0 Å². The van der Waals surface area contributed by atoms with Crippen molar-refractivity contribution in [2.45, 2.75) is 39.2 Å². The molecule has 1 aliphatic carbocycles. The van der Waals surface area contributed by atoms with Gasteiger partial charge in [-0.3, -0.25) is 9.69 Å². The van der Waals surface area contributed by atoms with Crippen molar-refractivity contribution in [3.8, 4) is 11.3 Å². The van der Waals surface area contributed by atoms with E-state index >= 15 is 0 Å². The molecule has 0 atom stereocenters. The summed E-state index contributed by atoms with van der Waals surface area (Å²) in [5.41, 5.74) is 4.94. The molecule has 3 rings (SSSR count). The molecule has 0 unspecified atom stereocenters. The fourth-order valence-electron chi connectivity index (χ4n) is 3.29. The second kappa shape index (κ2) is 7.43. The van der Waals surface area contributed by atoms with Gasteiger partial charge in [-0.25, -0.2) is 0 Å². The van der Waals surface area contributed by atoms with Crippen LogP contribution < -0.4 is 4.87 Å². The molecule has 4 nitrogen and oxygen atoms in total. The number of likely N-dealkylation sites (N-methyl/N-ethyl adjacent to an activating group) is 1. The minimum Gasteiger partial charge on any atom is -0.395 e. The maximum absolute atomic E-state index is 11.9. The highest BCUT2D eigenvalue weighted by atomic mass is 32.1. The summed E-state index contributed by atoms with van der Waals surface area (Å²) < 4.78 is 0. The van der Waals surface area contributed by atoms with E-state index in [1.807, 2.05) is 0 Å². The fraction of sp³-hybridized carbons (Fsp3) is 0.500. The van der Waals surface area contributed by atoms with Crippen molar-refractivity contribution in [2.75, 3.05) is 19.7 Å². The third-order valence-electron chi connectivity index (χ3n) is 4.59. The Morgan fingerprint density at radius 1 is 1.26 bits per heavy atom. The smallest absolute Gasteiger partial charge is 0.305 e. The molecule has 0 saturated heterocycles. The zero-order valence-electron chi connectivity index (χ0n) is 13.6. The summed E-state index contributed by atoms with van der Waals surface area (Å²) in [5, 5.41) is 9.16. The fourth-order valence-corrected chi connectivity index (χ4v) is 4.18. The van der Waals surface area contributed by atoms with Gasteiger partial charge in [-0.15, -0.1) is 0 Å². The van der Waals surface area contributed by atoms with Gasteiger partial charge in [0.05, 0.1) is 12.3 Å². The predicted molar refractivity (Wildman–Crippen MR) is 95.1 cm³/mol. The van der Waals surface area contributed by atoms with Crippen LogP contribution in [0, 0.1) is 0 Å². The zero-order valence-corrected chi connectivity index (χ0v) is 14.4. The number of aryl methyl sites for hydroxylation is 2. The van der Waals surface area contributed by atoms with Gasteiger partial charge < -0.3 is 10.1 Å². The summed E-state index contributed by atoms with van der Waals surface area (Å²) in [5.74, 6) is 0. The molecule has 0 radical (unpaired) electrons. The molecule has 0 fully saturated rings. The summed E-state index contributed by atoms with van der Waals surface area (Å²) in [4.78, 5) is 18.1. The lowest BCUT2D eigenvalue weighted by atomic mass is 9.90. The normalized spacial score (nSPS) is 14.2. The Morgan fingerprint density at radius 3 is 2.78 bits per heavy atom. The van der Waals surface area contributed by atoms with Gasteiger partial charge in [0.2, 0.25) is 0 Å². The van der Waals surface area contributed by atoms with Gasteiger partial charge >= 0.3 is 4.87 Å². The van der Waals surface area contributed by atoms with Crippen LogP contribution in [0.3, 0.4) is 0 Å². The Hall–Kier alpha value is -1.43. The number of fused-ring (bicyclic) bond motifs is 1. The van der Waals surface area contributed by atoms with Gasteiger partial charge in [0.25, 0.3) is 0 Å². The number of H-pyrrole nitrogens is 1. The van der Waals surface area contributed by atoms with Crippen molar-refractivity contribution in [1.82, 2.24) is 9.88 Å². The van der Waals surface area contributed by atoms with Crippen LogP contribution in [0.2, 0.25) is 0 Å². The monoisotopic (exact) mass is 332 g/mol. The van der Waals surface area contributed by atoms with Gasteiger partial charge in [-0.1, -0.05) is 30.4 Å². The molecule has 1 aromatic heterocycles. The number of thiazole rings is 1. The van der Waals surface area contributed by atoms with Gasteiger partial charge in [-0.05, 0) is 55.0 Å². The Balaban J connectivity index is 1.92. The summed E-state index contributed by atoms with van der Waals surface area (Å²) in [7, 11) is 0. The van der Waals surface area contributed by atoms with Crippen LogP contribution in [-0.4, -0.2) is 34.7 Å². The lowest BCUT2D eigenvalue weighted by molar-refractivity contribution is 0.198. The van der Waals surface area contributed by atoms with Crippen LogP contribution in [0.5, 0.6) is 0 Å². The van der Waals surface area contributed by atoms with Gasteiger partial charge in [0.15, 0.2) is 0 Å². The largest absolute Gasteiger partial charge is 0.395 e. The Morgan fingerprint density at radius 2 is 2.04 bits per heavy atom. The number of benzene rings is 1. The SMILES string of the molecule is CCN(CCO)Cc1sc(=O)[nH]c1-c1ccc2c(c1)CCCC2. The molecular formula is C18H24N2O2S. The first kappa shape index (κ1) is 16.4. The van der Waals surface area contributed by atoms with Crippen LogP contribution in [0.15, 0.2) is 23.0 Å². The molecular weight excluding hydrogens is 308 g/mol. The first-order chi connectivity index (χ1) is 11.2. The number of hydrogen-bond acceptors (Lipinski definition) is 4. The topological polar surface area (TPSA) is 56.3 Å². The Bertz CT molecular complexity index is 720. The summed E-state index contributed by atoms with van der Waals surface area (Å²) in [6.45, 7) is 4.40. The molecule has 1 aliphatic rings. The number of nitrogens with zero attached hydrogens (tertiary/aromatic N) is 1. The van der Waals surface area contributed by atoms with Crippen molar-refractivity contribution in [3.05, 3.63) is 43.9 Å². The molecule has 1 aromatic carbocycles. The number of aliphatic hydroxyl groups is 1. The average Bonchev–Trinajstić information content (AvgIpc) is 2.94. The minimum absolute atomic E-state index is 0.00669. The van der Waals surface area contributed by atoms with Crippen LogP contribution in [0.1, 0.15) is 35.8 Å². The first-order valence-electron chi connectivity index (χ1n) is 8.38. The lowest BCUT2D eigenvalue weighted by Crippen LogP contribution is -2.25. The van der Waals surface area contributed by atoms with E-state index in [1.165, 1.54) is 41.7 Å². The van der Waals surface area contributed by atoms with Gasteiger partial charge in [0, 0.05) is 18.0 Å². The Kier molecular flexibility index (Phi) is 5.30. The van der Waals surface area contributed by atoms with Crippen LogP contribution >= 0.6 is 11.3 Å². The molecule has 1 heterocycles. The zero-order chi connectivity index (χ0) is 16.2. The third-order valence-corrected chi connectivity index (χ3v) is 5.46. The average molecular weight is 332 g/mol. The van der Waals surface area contributed by atoms with Crippen molar-refractivity contribution in [2.24, 2.45) is 0 Å². The molecule has 23 heavy (non-hydrogen) atoms. The number of aromatic amines is 1. The standard InChI is InChI=1S/C18H24N2O2S/c1-2-20(9-10-21)12-16-17(19-18(22)23-16)15-8-7-13-5-3-4-6-14(13)11-15/h7-8,11,21H,2-6,9-10,12H2,1H3,(H,19,22). The molecule has 124 valence electrons. The lowest BCUT2D eigenvalue weighted by Gasteiger charge is -2.19. The molecule has 0 aliphatic heterocycles. The maximum Gasteiger partial charge on any atom is 0.305 e. The van der Waals surface area contributed by atoms with Crippen LogP contribution in [0.4, 0.5) is 0 Å². The van der Waals surface area contributed by atoms with Crippen molar-refractivity contribution >= 4 is 11.3 Å². The number of rotatable bonds is 6. The van der Waals surface area contributed by atoms with E-state index in [9.17, 15) is 4.79 Å². The van der Waals surface area contributed by atoms with Crippen molar-refractivity contribution in [1.29, 1.82) is 0 Å². The second-order valence-electron chi connectivity index (χ2n) is 6.10. The number of nitrogens with one attached hydrogen (secondary N) is 1. The first-order valence-corrected chi connectivity index (χ1v) is 9.20. The van der Waals surface area contributed by atoms with E-state index in [1.54, 1.807) is 0 Å². The van der Waals surface area contributed by atoms with Crippen LogP contribution in [0.25, 0.3) is 11.3 Å². The highest BCUT2D eigenvalue weighted by molar-refractivity contribution is 7.09. The van der Waals surface area contributed by atoms with E-state index in [2.05, 4.69) is 35.0 Å². The number of aliphatic hydroxyl groups excluding tert-OH is 1. The molecule has 0 saturated carbocycles. The quantitative estimate of drug-likeness (QED) is 0.855. The molecule has 2 aromatic rings. The third kappa shape index (κ3) is 3.74. The highest BCUT2D eigenvalue weighted by Crippen LogP contribution is 2.29. The number of aromatic nitrogens is 1. The summed E-state index contributed by atoms with van der Waals surface area (Å²) in [6.07, 6.45) is 4.84. The maximum atomic E-state index is 11.9. The second-order valence-corrected chi connectivity index (χ2v) is 7.16.